The van der Waals surface area contributed by atoms with Crippen LogP contribution in [0, 0.1) is 0 Å². The maximum absolute atomic E-state index is 12.5. The van der Waals surface area contributed by atoms with Gasteiger partial charge in [0.1, 0.15) is 5.82 Å². The van der Waals surface area contributed by atoms with E-state index in [1.807, 2.05) is 0 Å². The summed E-state index contributed by atoms with van der Waals surface area (Å²) in [6, 6.07) is 7.30. The number of anilines is 3. The Bertz CT molecular complexity index is 912. The topological polar surface area (TPSA) is 126 Å². The minimum Gasteiger partial charge on any atom is -0.449 e. The lowest BCUT2D eigenvalue weighted by Crippen LogP contribution is -2.30. The van der Waals surface area contributed by atoms with Crippen LogP contribution in [0.15, 0.2) is 36.5 Å². The zero-order valence-corrected chi connectivity index (χ0v) is 16.7. The molecule has 0 fully saturated rings. The molecule has 2 rings (SSSR count). The van der Waals surface area contributed by atoms with E-state index in [-0.39, 0.29) is 34.6 Å². The molecule has 0 bridgehead atoms. The summed E-state index contributed by atoms with van der Waals surface area (Å²) < 4.78 is 5.18. The molecule has 0 saturated carbocycles. The molecule has 0 saturated heterocycles. The SMILES string of the molecule is CC(=O)Nc1cc(NC(C)=O)cc(C(=O)OC(C)C(=O)Nc2ccc(Cl)cn2)c1. The summed E-state index contributed by atoms with van der Waals surface area (Å²) in [7, 11) is 0. The van der Waals surface area contributed by atoms with Gasteiger partial charge in [0.05, 0.1) is 10.6 Å². The van der Waals surface area contributed by atoms with E-state index in [1.165, 1.54) is 51.2 Å². The van der Waals surface area contributed by atoms with Crippen molar-refractivity contribution in [3.63, 3.8) is 0 Å². The number of esters is 1. The molecule has 10 heteroatoms. The van der Waals surface area contributed by atoms with Crippen molar-refractivity contribution in [2.45, 2.75) is 26.9 Å². The van der Waals surface area contributed by atoms with Gasteiger partial charge in [0.15, 0.2) is 6.10 Å². The second kappa shape index (κ2) is 9.65. The average molecular weight is 419 g/mol. The quantitative estimate of drug-likeness (QED) is 0.619. The Labute approximate surface area is 171 Å². The van der Waals surface area contributed by atoms with Gasteiger partial charge in [-0.3, -0.25) is 14.4 Å². The van der Waals surface area contributed by atoms with E-state index in [1.54, 1.807) is 6.07 Å². The van der Waals surface area contributed by atoms with Crippen LogP contribution in [0.5, 0.6) is 0 Å². The molecular formula is C19H19ClN4O5. The lowest BCUT2D eigenvalue weighted by molar-refractivity contribution is -0.123. The molecule has 0 aliphatic carbocycles. The van der Waals surface area contributed by atoms with Gasteiger partial charge in [0.2, 0.25) is 11.8 Å². The largest absolute Gasteiger partial charge is 0.449 e. The van der Waals surface area contributed by atoms with Crippen LogP contribution in [0.1, 0.15) is 31.1 Å². The summed E-state index contributed by atoms with van der Waals surface area (Å²) in [6.07, 6.45) is 0.235. The van der Waals surface area contributed by atoms with Crippen molar-refractivity contribution in [1.29, 1.82) is 0 Å². The van der Waals surface area contributed by atoms with Gasteiger partial charge >= 0.3 is 5.97 Å². The molecule has 1 aromatic carbocycles. The molecule has 0 spiro atoms. The molecule has 0 radical (unpaired) electrons. The predicted octanol–water partition coefficient (Wildman–Crippen LogP) is 2.84. The average Bonchev–Trinajstić information content (AvgIpc) is 2.62. The molecule has 1 atom stereocenters. The zero-order chi connectivity index (χ0) is 21.6. The van der Waals surface area contributed by atoms with Gasteiger partial charge in [-0.2, -0.15) is 0 Å². The Morgan fingerprint density at radius 2 is 1.55 bits per heavy atom. The number of carbonyl (C=O) groups is 4. The van der Waals surface area contributed by atoms with Crippen LogP contribution < -0.4 is 16.0 Å². The minimum atomic E-state index is -1.13. The smallest absolute Gasteiger partial charge is 0.339 e. The summed E-state index contributed by atoms with van der Waals surface area (Å²) in [5, 5.41) is 7.98. The number of aromatic nitrogens is 1. The van der Waals surface area contributed by atoms with Crippen molar-refractivity contribution in [2.24, 2.45) is 0 Å². The van der Waals surface area contributed by atoms with Gasteiger partial charge in [-0.1, -0.05) is 11.6 Å². The molecule has 0 aliphatic heterocycles. The van der Waals surface area contributed by atoms with Crippen LogP contribution in [0.3, 0.4) is 0 Å². The van der Waals surface area contributed by atoms with Crippen molar-refractivity contribution < 1.29 is 23.9 Å². The Morgan fingerprint density at radius 3 is 2.03 bits per heavy atom. The Hall–Kier alpha value is -3.46. The molecule has 3 N–H and O–H groups in total. The van der Waals surface area contributed by atoms with Crippen LogP contribution in [0.4, 0.5) is 17.2 Å². The van der Waals surface area contributed by atoms with Gasteiger partial charge in [-0.25, -0.2) is 9.78 Å². The summed E-state index contributed by atoms with van der Waals surface area (Å²) >= 11 is 5.74. The van der Waals surface area contributed by atoms with E-state index < -0.39 is 18.0 Å². The Kier molecular flexibility index (Phi) is 7.27. The van der Waals surface area contributed by atoms with Crippen molar-refractivity contribution in [3.8, 4) is 0 Å². The minimum absolute atomic E-state index is 0.0456. The lowest BCUT2D eigenvalue weighted by atomic mass is 10.1. The highest BCUT2D eigenvalue weighted by Crippen LogP contribution is 2.21. The number of ether oxygens (including phenoxy) is 1. The number of hydrogen-bond donors (Lipinski definition) is 3. The zero-order valence-electron chi connectivity index (χ0n) is 15.9. The normalized spacial score (nSPS) is 11.2. The fourth-order valence-corrected chi connectivity index (χ4v) is 2.37. The van der Waals surface area contributed by atoms with Gasteiger partial charge < -0.3 is 20.7 Å². The fourth-order valence-electron chi connectivity index (χ4n) is 2.26. The van der Waals surface area contributed by atoms with Crippen LogP contribution >= 0.6 is 11.6 Å². The highest BCUT2D eigenvalue weighted by molar-refractivity contribution is 6.30. The molecule has 0 aliphatic rings. The van der Waals surface area contributed by atoms with E-state index in [0.29, 0.717) is 5.02 Å². The second-order valence-electron chi connectivity index (χ2n) is 6.06. The van der Waals surface area contributed by atoms with Gasteiger partial charge in [0.25, 0.3) is 5.91 Å². The number of nitrogens with zero attached hydrogens (tertiary/aromatic N) is 1. The summed E-state index contributed by atoms with van der Waals surface area (Å²) in [5.74, 6) is -1.85. The summed E-state index contributed by atoms with van der Waals surface area (Å²) in [6.45, 7) is 4.01. The number of rotatable bonds is 6. The highest BCUT2D eigenvalue weighted by atomic mass is 35.5. The molecule has 3 amide bonds. The third-order valence-corrected chi connectivity index (χ3v) is 3.66. The number of pyridine rings is 1. The monoisotopic (exact) mass is 418 g/mol. The number of hydrogen-bond acceptors (Lipinski definition) is 6. The molecule has 152 valence electrons. The van der Waals surface area contributed by atoms with E-state index in [0.717, 1.165) is 0 Å². The fraction of sp³-hybridized carbons (Fsp3) is 0.211. The first-order chi connectivity index (χ1) is 13.6. The maximum Gasteiger partial charge on any atom is 0.339 e. The Morgan fingerprint density at radius 1 is 0.966 bits per heavy atom. The number of carbonyl (C=O) groups excluding carboxylic acids is 4. The maximum atomic E-state index is 12.5. The third kappa shape index (κ3) is 6.89. The first kappa shape index (κ1) is 21.8. The van der Waals surface area contributed by atoms with Crippen molar-refractivity contribution in [2.75, 3.05) is 16.0 Å². The van der Waals surface area contributed by atoms with Crippen molar-refractivity contribution in [3.05, 3.63) is 47.1 Å². The lowest BCUT2D eigenvalue weighted by Gasteiger charge is -2.15. The molecular weight excluding hydrogens is 400 g/mol. The first-order valence-electron chi connectivity index (χ1n) is 8.47. The molecule has 1 heterocycles. The van der Waals surface area contributed by atoms with Gasteiger partial charge in [-0.05, 0) is 37.3 Å². The van der Waals surface area contributed by atoms with Crippen LogP contribution in [0.25, 0.3) is 0 Å². The number of benzene rings is 1. The van der Waals surface area contributed by atoms with Crippen molar-refractivity contribution >= 4 is 52.5 Å². The Balaban J connectivity index is 2.12. The summed E-state index contributed by atoms with van der Waals surface area (Å²) in [5.41, 5.74) is 0.626. The molecule has 1 aromatic heterocycles. The van der Waals surface area contributed by atoms with E-state index in [2.05, 4.69) is 20.9 Å². The standard InChI is InChI=1S/C19H19ClN4O5/c1-10(18(27)24-17-5-4-14(20)9-21-17)29-19(28)13-6-15(22-11(2)25)8-16(7-13)23-12(3)26/h4-10H,1-3H3,(H,22,25)(H,23,26)(H,21,24,27). The van der Waals surface area contributed by atoms with Crippen LogP contribution in [-0.2, 0) is 19.1 Å². The van der Waals surface area contributed by atoms with Gasteiger partial charge in [-0.15, -0.1) is 0 Å². The first-order valence-corrected chi connectivity index (χ1v) is 8.85. The van der Waals surface area contributed by atoms with Gasteiger partial charge in [0, 0.05) is 31.4 Å². The molecule has 1 unspecified atom stereocenters. The summed E-state index contributed by atoms with van der Waals surface area (Å²) in [4.78, 5) is 51.2. The van der Waals surface area contributed by atoms with Crippen LogP contribution in [-0.4, -0.2) is 34.8 Å². The van der Waals surface area contributed by atoms with Crippen molar-refractivity contribution in [1.82, 2.24) is 4.98 Å². The van der Waals surface area contributed by atoms with Crippen LogP contribution in [0.2, 0.25) is 5.02 Å². The number of nitrogens with one attached hydrogen (secondary N) is 3. The number of halogens is 1. The van der Waals surface area contributed by atoms with E-state index >= 15 is 0 Å². The predicted molar refractivity (Wildman–Crippen MR) is 108 cm³/mol. The molecule has 2 aromatic rings. The van der Waals surface area contributed by atoms with E-state index in [4.69, 9.17) is 16.3 Å². The third-order valence-electron chi connectivity index (χ3n) is 3.44. The molecule has 29 heavy (non-hydrogen) atoms. The van der Waals surface area contributed by atoms with E-state index in [9.17, 15) is 19.2 Å². The number of amides is 3. The highest BCUT2D eigenvalue weighted by Gasteiger charge is 2.20. The molecule has 9 nitrogen and oxygen atoms in total. The second-order valence-corrected chi connectivity index (χ2v) is 6.50.